The van der Waals surface area contributed by atoms with Crippen molar-refractivity contribution in [3.05, 3.63) is 0 Å². The Balaban J connectivity index is 1.77. The van der Waals surface area contributed by atoms with Gasteiger partial charge in [-0.2, -0.15) is 0 Å². The summed E-state index contributed by atoms with van der Waals surface area (Å²) >= 11 is 0. The lowest BCUT2D eigenvalue weighted by Gasteiger charge is -2.53. The Bertz CT molecular complexity index is 328. The second-order valence-electron chi connectivity index (χ2n) is 8.20. The van der Waals surface area contributed by atoms with E-state index >= 15 is 0 Å². The Labute approximate surface area is 132 Å². The van der Waals surface area contributed by atoms with E-state index in [1.54, 1.807) is 0 Å². The zero-order valence-corrected chi connectivity index (χ0v) is 14.5. The number of hydrogen-bond acceptors (Lipinski definition) is 2. The number of likely N-dealkylation sites (N-methyl/N-ethyl adjacent to an activating group) is 1. The molecular weight excluding hydrogens is 256 g/mol. The van der Waals surface area contributed by atoms with Crippen LogP contribution in [0.4, 0.5) is 0 Å². The molecule has 3 aliphatic rings. The minimum atomic E-state index is 0.731. The first-order chi connectivity index (χ1) is 10.2. The van der Waals surface area contributed by atoms with E-state index in [1.165, 1.54) is 57.9 Å². The molecule has 0 bridgehead atoms. The summed E-state index contributed by atoms with van der Waals surface area (Å²) < 4.78 is 0. The fourth-order valence-corrected chi connectivity index (χ4v) is 5.90. The molecule has 122 valence electrons. The van der Waals surface area contributed by atoms with Crippen LogP contribution >= 0.6 is 0 Å². The molecule has 0 radical (unpaired) electrons. The van der Waals surface area contributed by atoms with E-state index in [0.717, 1.165) is 42.4 Å². The highest BCUT2D eigenvalue weighted by Crippen LogP contribution is 2.41. The number of nitrogens with one attached hydrogen (secondary N) is 1. The summed E-state index contributed by atoms with van der Waals surface area (Å²) in [5.74, 6) is 2.77. The smallest absolute Gasteiger partial charge is 0.0278 e. The predicted molar refractivity (Wildman–Crippen MR) is 90.5 cm³/mol. The number of hydrogen-bond donors (Lipinski definition) is 1. The van der Waals surface area contributed by atoms with Gasteiger partial charge in [0.05, 0.1) is 0 Å². The molecule has 2 heteroatoms. The van der Waals surface area contributed by atoms with Crippen LogP contribution in [0.25, 0.3) is 0 Å². The molecule has 2 nitrogen and oxygen atoms in total. The van der Waals surface area contributed by atoms with Gasteiger partial charge in [-0.1, -0.05) is 33.6 Å². The Hall–Kier alpha value is -0.0800. The fourth-order valence-electron chi connectivity index (χ4n) is 5.90. The highest BCUT2D eigenvalue weighted by molar-refractivity contribution is 4.99. The molecule has 1 saturated heterocycles. The Kier molecular flexibility index (Phi) is 5.27. The topological polar surface area (TPSA) is 15.3 Å². The van der Waals surface area contributed by atoms with Crippen molar-refractivity contribution in [2.75, 3.05) is 13.1 Å². The first kappa shape index (κ1) is 15.8. The van der Waals surface area contributed by atoms with E-state index in [0.29, 0.717) is 0 Å². The second-order valence-corrected chi connectivity index (χ2v) is 8.20. The van der Waals surface area contributed by atoms with Gasteiger partial charge in [0.25, 0.3) is 0 Å². The molecule has 21 heavy (non-hydrogen) atoms. The molecule has 3 rings (SSSR count). The normalized spacial score (nSPS) is 45.3. The lowest BCUT2D eigenvalue weighted by Crippen LogP contribution is -2.62. The van der Waals surface area contributed by atoms with Gasteiger partial charge in [0.1, 0.15) is 0 Å². The van der Waals surface area contributed by atoms with Gasteiger partial charge in [-0.3, -0.25) is 4.90 Å². The molecule has 2 aliphatic carbocycles. The number of nitrogens with zero attached hydrogens (tertiary/aromatic N) is 1. The molecule has 0 amide bonds. The van der Waals surface area contributed by atoms with E-state index in [1.807, 2.05) is 0 Å². The number of likely N-dealkylation sites (tertiary alicyclic amines) is 1. The van der Waals surface area contributed by atoms with Gasteiger partial charge >= 0.3 is 0 Å². The van der Waals surface area contributed by atoms with E-state index in [2.05, 4.69) is 31.0 Å². The molecule has 1 heterocycles. The van der Waals surface area contributed by atoms with Gasteiger partial charge < -0.3 is 5.32 Å². The third kappa shape index (κ3) is 3.32. The van der Waals surface area contributed by atoms with E-state index < -0.39 is 0 Å². The summed E-state index contributed by atoms with van der Waals surface area (Å²) in [6.45, 7) is 9.75. The van der Waals surface area contributed by atoms with Crippen molar-refractivity contribution >= 4 is 0 Å². The summed E-state index contributed by atoms with van der Waals surface area (Å²) in [6.07, 6.45) is 11.7. The Morgan fingerprint density at radius 2 is 1.76 bits per heavy atom. The van der Waals surface area contributed by atoms with Crippen LogP contribution in [0.3, 0.4) is 0 Å². The average molecular weight is 293 g/mol. The summed E-state index contributed by atoms with van der Waals surface area (Å²) in [4.78, 5) is 2.98. The van der Waals surface area contributed by atoms with Gasteiger partial charge in [-0.05, 0) is 69.4 Å². The molecular formula is C19H36N2. The Morgan fingerprint density at radius 3 is 2.57 bits per heavy atom. The summed E-state index contributed by atoms with van der Waals surface area (Å²) in [5, 5.41) is 3.85. The minimum Gasteiger partial charge on any atom is -0.313 e. The van der Waals surface area contributed by atoms with Crippen LogP contribution < -0.4 is 5.32 Å². The molecule has 0 aromatic heterocycles. The predicted octanol–water partition coefficient (Wildman–Crippen LogP) is 4.05. The van der Waals surface area contributed by atoms with Crippen molar-refractivity contribution in [1.29, 1.82) is 0 Å². The highest BCUT2D eigenvalue weighted by atomic mass is 15.2. The third-order valence-corrected chi connectivity index (χ3v) is 6.56. The van der Waals surface area contributed by atoms with Crippen LogP contribution in [-0.4, -0.2) is 36.1 Å². The monoisotopic (exact) mass is 292 g/mol. The molecule has 6 atom stereocenters. The largest absolute Gasteiger partial charge is 0.313 e. The molecule has 2 saturated carbocycles. The van der Waals surface area contributed by atoms with E-state index in [4.69, 9.17) is 0 Å². The van der Waals surface area contributed by atoms with Crippen LogP contribution in [0.1, 0.15) is 72.1 Å². The Morgan fingerprint density at radius 1 is 1.00 bits per heavy atom. The van der Waals surface area contributed by atoms with Crippen molar-refractivity contribution in [2.45, 2.75) is 90.3 Å². The maximum absolute atomic E-state index is 3.85. The number of fused-ring (bicyclic) bond motifs is 1. The quantitative estimate of drug-likeness (QED) is 0.844. The van der Waals surface area contributed by atoms with Gasteiger partial charge in [0.2, 0.25) is 0 Å². The summed E-state index contributed by atoms with van der Waals surface area (Å²) in [6, 6.07) is 2.44. The molecule has 1 aliphatic heterocycles. The van der Waals surface area contributed by atoms with Crippen molar-refractivity contribution in [3.63, 3.8) is 0 Å². The van der Waals surface area contributed by atoms with Gasteiger partial charge in [0, 0.05) is 18.1 Å². The van der Waals surface area contributed by atoms with Crippen LogP contribution in [0.2, 0.25) is 0 Å². The van der Waals surface area contributed by atoms with Crippen LogP contribution in [-0.2, 0) is 0 Å². The molecule has 4 unspecified atom stereocenters. The lowest BCUT2D eigenvalue weighted by atomic mass is 9.72. The average Bonchev–Trinajstić information content (AvgIpc) is 2.47. The number of piperidine rings is 1. The molecule has 1 N–H and O–H groups in total. The van der Waals surface area contributed by atoms with Crippen LogP contribution in [0, 0.1) is 17.8 Å². The lowest BCUT2D eigenvalue weighted by molar-refractivity contribution is -0.0267. The van der Waals surface area contributed by atoms with E-state index in [9.17, 15) is 0 Å². The summed E-state index contributed by atoms with van der Waals surface area (Å²) in [5.41, 5.74) is 0. The van der Waals surface area contributed by atoms with Crippen LogP contribution in [0.15, 0.2) is 0 Å². The maximum atomic E-state index is 3.85. The minimum absolute atomic E-state index is 0.731. The molecule has 0 spiro atoms. The standard InChI is InChI=1S/C19H36N2/c1-4-20-17-13-14(2)12-15(3)19(17)21-11-7-9-16-8-5-6-10-18(16)21/h14-20H,4-13H2,1-3H3/t14?,15?,16-,17?,18-,19?/m1/s1. The van der Waals surface area contributed by atoms with Gasteiger partial charge in [-0.15, -0.1) is 0 Å². The molecule has 3 fully saturated rings. The fraction of sp³-hybridized carbons (Fsp3) is 1.00. The zero-order valence-electron chi connectivity index (χ0n) is 14.5. The maximum Gasteiger partial charge on any atom is 0.0278 e. The summed E-state index contributed by atoms with van der Waals surface area (Å²) in [7, 11) is 0. The third-order valence-electron chi connectivity index (χ3n) is 6.56. The molecule has 0 aromatic carbocycles. The van der Waals surface area contributed by atoms with Crippen molar-refractivity contribution < 1.29 is 0 Å². The first-order valence-corrected chi connectivity index (χ1v) is 9.69. The SMILES string of the molecule is CCNC1CC(C)CC(C)C1N1CCC[C@H]2CCCC[C@H]21. The second kappa shape index (κ2) is 7.00. The van der Waals surface area contributed by atoms with E-state index in [-0.39, 0.29) is 0 Å². The van der Waals surface area contributed by atoms with Crippen LogP contribution in [0.5, 0.6) is 0 Å². The zero-order chi connectivity index (χ0) is 14.8. The van der Waals surface area contributed by atoms with Crippen molar-refractivity contribution in [1.82, 2.24) is 10.2 Å². The number of rotatable bonds is 3. The molecule has 0 aromatic rings. The van der Waals surface area contributed by atoms with Crippen molar-refractivity contribution in [2.24, 2.45) is 17.8 Å². The van der Waals surface area contributed by atoms with Crippen molar-refractivity contribution in [3.8, 4) is 0 Å². The highest BCUT2D eigenvalue weighted by Gasteiger charge is 2.43. The first-order valence-electron chi connectivity index (χ1n) is 9.69. The van der Waals surface area contributed by atoms with Gasteiger partial charge in [0.15, 0.2) is 0 Å². The van der Waals surface area contributed by atoms with Gasteiger partial charge in [-0.25, -0.2) is 0 Å².